The molecule has 0 atom stereocenters. The zero-order valence-corrected chi connectivity index (χ0v) is 10.8. The van der Waals surface area contributed by atoms with Crippen LogP contribution in [0.2, 0.25) is 0 Å². The molecule has 3 N–H and O–H groups in total. The van der Waals surface area contributed by atoms with E-state index in [1.807, 2.05) is 6.07 Å². The first-order valence-electron chi connectivity index (χ1n) is 6.09. The van der Waals surface area contributed by atoms with E-state index in [9.17, 15) is 0 Å². The molecule has 0 saturated heterocycles. The smallest absolute Gasteiger partial charge is 0.122 e. The average Bonchev–Trinajstić information content (AvgIpc) is 2.64. The molecule has 0 spiro atoms. The number of aryl methyl sites for hydroxylation is 2. The Morgan fingerprint density at radius 3 is 2.72 bits per heavy atom. The molecule has 0 bridgehead atoms. The molecule has 4 heteroatoms. The largest absolute Gasteiger partial charge is 0.394 e. The Hall–Kier alpha value is -1.81. The van der Waals surface area contributed by atoms with E-state index in [0.29, 0.717) is 12.4 Å². The number of nitrogen functional groups attached to an aromatic ring is 1. The lowest BCUT2D eigenvalue weighted by Crippen LogP contribution is -2.07. The van der Waals surface area contributed by atoms with Gasteiger partial charge in [0.25, 0.3) is 0 Å². The molecular weight excluding hydrogens is 226 g/mol. The number of aliphatic hydroxyl groups is 1. The Kier molecular flexibility index (Phi) is 3.67. The minimum Gasteiger partial charge on any atom is -0.394 e. The highest BCUT2D eigenvalue weighted by molar-refractivity contribution is 5.37. The van der Waals surface area contributed by atoms with Gasteiger partial charge >= 0.3 is 0 Å². The van der Waals surface area contributed by atoms with Crippen molar-refractivity contribution in [2.24, 2.45) is 0 Å². The summed E-state index contributed by atoms with van der Waals surface area (Å²) in [6.07, 6.45) is 0.773. The van der Waals surface area contributed by atoms with Crippen LogP contribution in [0.15, 0.2) is 24.3 Å². The van der Waals surface area contributed by atoms with Gasteiger partial charge in [-0.15, -0.1) is 0 Å². The highest BCUT2D eigenvalue weighted by atomic mass is 16.3. The number of aromatic nitrogens is 2. The molecule has 1 aromatic heterocycles. The van der Waals surface area contributed by atoms with E-state index in [4.69, 9.17) is 10.8 Å². The molecule has 0 aliphatic carbocycles. The summed E-state index contributed by atoms with van der Waals surface area (Å²) < 4.78 is 1.64. The van der Waals surface area contributed by atoms with Crippen LogP contribution >= 0.6 is 0 Å². The van der Waals surface area contributed by atoms with Gasteiger partial charge in [-0.1, -0.05) is 23.8 Å². The molecule has 1 aromatic carbocycles. The average molecular weight is 245 g/mol. The van der Waals surface area contributed by atoms with Crippen molar-refractivity contribution in [1.29, 1.82) is 0 Å². The third-order valence-electron chi connectivity index (χ3n) is 3.04. The van der Waals surface area contributed by atoms with Crippen molar-refractivity contribution in [2.75, 3.05) is 12.3 Å². The molecule has 96 valence electrons. The highest BCUT2D eigenvalue weighted by Gasteiger charge is 2.07. The maximum absolute atomic E-state index is 8.90. The van der Waals surface area contributed by atoms with E-state index in [2.05, 4.69) is 37.1 Å². The SMILES string of the molecule is Cc1ccc(Cc2cc(N)n(CCO)n2)c(C)c1. The summed E-state index contributed by atoms with van der Waals surface area (Å²) in [4.78, 5) is 0. The molecular formula is C14H19N3O. The van der Waals surface area contributed by atoms with Crippen LogP contribution in [0, 0.1) is 13.8 Å². The monoisotopic (exact) mass is 245 g/mol. The lowest BCUT2D eigenvalue weighted by Gasteiger charge is -2.05. The number of hydrogen-bond donors (Lipinski definition) is 2. The molecule has 1 heterocycles. The first kappa shape index (κ1) is 12.6. The summed E-state index contributed by atoms with van der Waals surface area (Å²) in [5.74, 6) is 0.601. The van der Waals surface area contributed by atoms with Crippen LogP contribution in [0.25, 0.3) is 0 Å². The van der Waals surface area contributed by atoms with Gasteiger partial charge in [0.1, 0.15) is 5.82 Å². The molecule has 0 unspecified atom stereocenters. The molecule has 2 aromatic rings. The van der Waals surface area contributed by atoms with Crippen molar-refractivity contribution in [3.63, 3.8) is 0 Å². The Morgan fingerprint density at radius 1 is 1.28 bits per heavy atom. The van der Waals surface area contributed by atoms with Crippen LogP contribution in [0.5, 0.6) is 0 Å². The maximum atomic E-state index is 8.90. The van der Waals surface area contributed by atoms with Gasteiger partial charge in [-0.25, -0.2) is 4.68 Å². The predicted molar refractivity (Wildman–Crippen MR) is 72.4 cm³/mol. The van der Waals surface area contributed by atoms with E-state index in [-0.39, 0.29) is 6.61 Å². The van der Waals surface area contributed by atoms with Crippen molar-refractivity contribution < 1.29 is 5.11 Å². The Labute approximate surface area is 107 Å². The van der Waals surface area contributed by atoms with Gasteiger partial charge in [0.15, 0.2) is 0 Å². The second kappa shape index (κ2) is 5.23. The van der Waals surface area contributed by atoms with Crippen molar-refractivity contribution in [2.45, 2.75) is 26.8 Å². The number of rotatable bonds is 4. The van der Waals surface area contributed by atoms with Gasteiger partial charge < -0.3 is 10.8 Å². The highest BCUT2D eigenvalue weighted by Crippen LogP contribution is 2.16. The lowest BCUT2D eigenvalue weighted by atomic mass is 10.0. The fourth-order valence-corrected chi connectivity index (χ4v) is 2.09. The number of hydrogen-bond acceptors (Lipinski definition) is 3. The minimum atomic E-state index is 0.0505. The van der Waals surface area contributed by atoms with Crippen molar-refractivity contribution in [3.05, 3.63) is 46.6 Å². The standard InChI is InChI=1S/C14H19N3O/c1-10-3-4-12(11(2)7-10)8-13-9-14(15)17(16-13)5-6-18/h3-4,7,9,18H,5-6,8,15H2,1-2H3. The van der Waals surface area contributed by atoms with E-state index in [1.54, 1.807) is 4.68 Å². The summed E-state index contributed by atoms with van der Waals surface area (Å²) >= 11 is 0. The molecule has 2 rings (SSSR count). The summed E-state index contributed by atoms with van der Waals surface area (Å²) in [6, 6.07) is 8.28. The Balaban J connectivity index is 2.20. The molecule has 0 aliphatic rings. The van der Waals surface area contributed by atoms with Crippen molar-refractivity contribution >= 4 is 5.82 Å². The Bertz CT molecular complexity index is 546. The molecule has 0 amide bonds. The molecule has 18 heavy (non-hydrogen) atoms. The van der Waals surface area contributed by atoms with Crippen LogP contribution in [-0.4, -0.2) is 21.5 Å². The number of nitrogens with zero attached hydrogens (tertiary/aromatic N) is 2. The van der Waals surface area contributed by atoms with Gasteiger partial charge in [0, 0.05) is 12.5 Å². The molecule has 0 saturated carbocycles. The second-order valence-corrected chi connectivity index (χ2v) is 4.61. The second-order valence-electron chi connectivity index (χ2n) is 4.61. The molecule has 0 fully saturated rings. The van der Waals surface area contributed by atoms with Crippen LogP contribution in [0.1, 0.15) is 22.4 Å². The van der Waals surface area contributed by atoms with Gasteiger partial charge in [0.2, 0.25) is 0 Å². The van der Waals surface area contributed by atoms with Crippen LogP contribution in [0.3, 0.4) is 0 Å². The normalized spacial score (nSPS) is 10.8. The summed E-state index contributed by atoms with van der Waals surface area (Å²) in [7, 11) is 0. The van der Waals surface area contributed by atoms with Crippen molar-refractivity contribution in [1.82, 2.24) is 9.78 Å². The summed E-state index contributed by atoms with van der Waals surface area (Å²) in [6.45, 7) is 4.69. The van der Waals surface area contributed by atoms with E-state index >= 15 is 0 Å². The maximum Gasteiger partial charge on any atom is 0.122 e. The van der Waals surface area contributed by atoms with E-state index in [0.717, 1.165) is 12.1 Å². The third kappa shape index (κ3) is 2.71. The van der Waals surface area contributed by atoms with Crippen LogP contribution in [-0.2, 0) is 13.0 Å². The lowest BCUT2D eigenvalue weighted by molar-refractivity contribution is 0.270. The van der Waals surface area contributed by atoms with Crippen LogP contribution < -0.4 is 5.73 Å². The zero-order valence-electron chi connectivity index (χ0n) is 10.8. The Morgan fingerprint density at radius 2 is 2.06 bits per heavy atom. The first-order chi connectivity index (χ1) is 8.60. The predicted octanol–water partition coefficient (Wildman–Crippen LogP) is 1.67. The summed E-state index contributed by atoms with van der Waals surface area (Å²) in [5.41, 5.74) is 10.6. The molecule has 0 aliphatic heterocycles. The molecule has 4 nitrogen and oxygen atoms in total. The number of nitrogens with two attached hydrogens (primary N) is 1. The summed E-state index contributed by atoms with van der Waals surface area (Å²) in [5, 5.41) is 13.3. The number of aliphatic hydroxyl groups excluding tert-OH is 1. The zero-order chi connectivity index (χ0) is 13.1. The quantitative estimate of drug-likeness (QED) is 0.861. The van der Waals surface area contributed by atoms with Gasteiger partial charge in [-0.2, -0.15) is 5.10 Å². The fraction of sp³-hybridized carbons (Fsp3) is 0.357. The van der Waals surface area contributed by atoms with Gasteiger partial charge in [-0.05, 0) is 25.0 Å². The number of anilines is 1. The van der Waals surface area contributed by atoms with Crippen molar-refractivity contribution in [3.8, 4) is 0 Å². The van der Waals surface area contributed by atoms with Gasteiger partial charge in [-0.3, -0.25) is 0 Å². The fourth-order valence-electron chi connectivity index (χ4n) is 2.09. The first-order valence-corrected chi connectivity index (χ1v) is 6.09. The van der Waals surface area contributed by atoms with Crippen LogP contribution in [0.4, 0.5) is 5.82 Å². The minimum absolute atomic E-state index is 0.0505. The topological polar surface area (TPSA) is 64.1 Å². The third-order valence-corrected chi connectivity index (χ3v) is 3.04. The molecule has 0 radical (unpaired) electrons. The van der Waals surface area contributed by atoms with E-state index in [1.165, 1.54) is 16.7 Å². The number of benzene rings is 1. The van der Waals surface area contributed by atoms with E-state index < -0.39 is 0 Å². The van der Waals surface area contributed by atoms with Gasteiger partial charge in [0.05, 0.1) is 18.8 Å².